The molecule has 100 valence electrons. The van der Waals surface area contributed by atoms with Gasteiger partial charge in [0.15, 0.2) is 0 Å². The van der Waals surface area contributed by atoms with Crippen molar-refractivity contribution >= 4 is 9.24 Å². The minimum atomic E-state index is 0.226. The van der Waals surface area contributed by atoms with Gasteiger partial charge < -0.3 is 5.32 Å². The first-order valence-electron chi connectivity index (χ1n) is 6.13. The Labute approximate surface area is 115 Å². The van der Waals surface area contributed by atoms with Crippen LogP contribution in [0.25, 0.3) is 0 Å². The third-order valence-corrected chi connectivity index (χ3v) is 3.72. The van der Waals surface area contributed by atoms with Crippen molar-refractivity contribution in [2.45, 2.75) is 33.0 Å². The van der Waals surface area contributed by atoms with Crippen LogP contribution < -0.4 is 5.32 Å². The van der Waals surface area contributed by atoms with Gasteiger partial charge in [0.25, 0.3) is 0 Å². The highest BCUT2D eigenvalue weighted by Gasteiger charge is 2.19. The summed E-state index contributed by atoms with van der Waals surface area (Å²) >= 11 is 0. The number of nitrogens with one attached hydrogen (secondary N) is 1. The minimum Gasteiger partial charge on any atom is -0.382 e. The van der Waals surface area contributed by atoms with Gasteiger partial charge >= 0.3 is 0 Å². The molecule has 2 unspecified atom stereocenters. The molecule has 0 aliphatic carbocycles. The van der Waals surface area contributed by atoms with E-state index in [1.165, 1.54) is 5.56 Å². The first kappa shape index (κ1) is 16.9. The van der Waals surface area contributed by atoms with Gasteiger partial charge in [0, 0.05) is 17.9 Å². The molecule has 0 saturated carbocycles. The zero-order chi connectivity index (χ0) is 14.2. The average Bonchev–Trinajstić information content (AvgIpc) is 2.31. The Kier molecular flexibility index (Phi) is 7.62. The maximum Gasteiger partial charge on any atom is 0.0447 e. The Balaban J connectivity index is 0.00000137. The molecule has 0 spiro atoms. The second-order valence-electron chi connectivity index (χ2n) is 5.25. The molecule has 0 amide bonds. The maximum atomic E-state index is 4.08. The normalized spacial score (nSPS) is 12.0. The molecule has 1 aromatic carbocycles. The Morgan fingerprint density at radius 2 is 1.72 bits per heavy atom. The van der Waals surface area contributed by atoms with Gasteiger partial charge in [-0.05, 0) is 11.0 Å². The standard InChI is InChI=1S/C14H22NP.C2H4/c1-11(15-13(16)14(2,3)4)10-12-8-6-5-7-9-12;1-2/h5-9,13,15H,1,10,16H2,2-4H3;1-2H2. The lowest BCUT2D eigenvalue weighted by Gasteiger charge is -2.29. The van der Waals surface area contributed by atoms with E-state index in [0.717, 1.165) is 12.1 Å². The van der Waals surface area contributed by atoms with Crippen LogP contribution in [0.15, 0.2) is 55.8 Å². The van der Waals surface area contributed by atoms with E-state index in [-0.39, 0.29) is 5.41 Å². The molecule has 0 aromatic heterocycles. The molecule has 2 heteroatoms. The largest absolute Gasteiger partial charge is 0.382 e. The minimum absolute atomic E-state index is 0.226. The van der Waals surface area contributed by atoms with Crippen molar-refractivity contribution in [2.24, 2.45) is 5.41 Å². The molecule has 2 atom stereocenters. The van der Waals surface area contributed by atoms with E-state index in [9.17, 15) is 0 Å². The Hall–Kier alpha value is -1.07. The van der Waals surface area contributed by atoms with E-state index in [1.54, 1.807) is 0 Å². The number of hydrogen-bond donors (Lipinski definition) is 1. The molecule has 0 saturated heterocycles. The summed E-state index contributed by atoms with van der Waals surface area (Å²) in [5.74, 6) is 0.351. The third-order valence-electron chi connectivity index (χ3n) is 2.55. The molecule has 0 heterocycles. The van der Waals surface area contributed by atoms with Crippen LogP contribution in [0.3, 0.4) is 0 Å². The van der Waals surface area contributed by atoms with E-state index in [2.05, 4.69) is 79.3 Å². The summed E-state index contributed by atoms with van der Waals surface area (Å²) in [7, 11) is 2.84. The highest BCUT2D eigenvalue weighted by atomic mass is 31.0. The van der Waals surface area contributed by atoms with Crippen molar-refractivity contribution in [2.75, 3.05) is 0 Å². The van der Waals surface area contributed by atoms with E-state index < -0.39 is 0 Å². The maximum absolute atomic E-state index is 4.08. The zero-order valence-corrected chi connectivity index (χ0v) is 13.0. The number of allylic oxidation sites excluding steroid dienone is 1. The van der Waals surface area contributed by atoms with Crippen LogP contribution in [0.2, 0.25) is 0 Å². The molecule has 0 bridgehead atoms. The quantitative estimate of drug-likeness (QED) is 0.628. The van der Waals surface area contributed by atoms with Gasteiger partial charge in [-0.2, -0.15) is 0 Å². The highest BCUT2D eigenvalue weighted by Crippen LogP contribution is 2.24. The lowest BCUT2D eigenvalue weighted by Crippen LogP contribution is -2.34. The summed E-state index contributed by atoms with van der Waals surface area (Å²) in [6.45, 7) is 16.7. The molecule has 1 N–H and O–H groups in total. The van der Waals surface area contributed by atoms with Gasteiger partial charge in [0.2, 0.25) is 0 Å². The molecule has 0 aliphatic rings. The van der Waals surface area contributed by atoms with E-state index >= 15 is 0 Å². The fourth-order valence-corrected chi connectivity index (χ4v) is 1.57. The van der Waals surface area contributed by atoms with Crippen molar-refractivity contribution in [3.05, 3.63) is 61.3 Å². The fourth-order valence-electron chi connectivity index (χ4n) is 1.33. The molecule has 1 rings (SSSR count). The Morgan fingerprint density at radius 1 is 1.22 bits per heavy atom. The van der Waals surface area contributed by atoms with Crippen molar-refractivity contribution in [1.82, 2.24) is 5.32 Å². The summed E-state index contributed by atoms with van der Waals surface area (Å²) in [4.78, 5) is 0. The number of benzene rings is 1. The van der Waals surface area contributed by atoms with Crippen LogP contribution >= 0.6 is 9.24 Å². The van der Waals surface area contributed by atoms with Crippen LogP contribution in [-0.4, -0.2) is 5.78 Å². The third kappa shape index (κ3) is 6.61. The number of rotatable bonds is 4. The van der Waals surface area contributed by atoms with Crippen LogP contribution in [0.4, 0.5) is 0 Å². The van der Waals surface area contributed by atoms with Crippen LogP contribution in [0.1, 0.15) is 26.3 Å². The van der Waals surface area contributed by atoms with Crippen molar-refractivity contribution in [3.63, 3.8) is 0 Å². The summed E-state index contributed by atoms with van der Waals surface area (Å²) in [5, 5.41) is 3.44. The summed E-state index contributed by atoms with van der Waals surface area (Å²) in [5.41, 5.74) is 2.59. The first-order valence-corrected chi connectivity index (χ1v) is 6.80. The Bertz CT molecular complexity index is 351. The smallest absolute Gasteiger partial charge is 0.0447 e. The molecule has 1 aromatic rings. The zero-order valence-electron chi connectivity index (χ0n) is 11.9. The van der Waals surface area contributed by atoms with E-state index in [0.29, 0.717) is 5.78 Å². The average molecular weight is 263 g/mol. The summed E-state index contributed by atoms with van der Waals surface area (Å²) in [6, 6.07) is 10.4. The van der Waals surface area contributed by atoms with Gasteiger partial charge in [-0.25, -0.2) is 0 Å². The topological polar surface area (TPSA) is 12.0 Å². The van der Waals surface area contributed by atoms with Gasteiger partial charge in [-0.15, -0.1) is 22.4 Å². The summed E-state index contributed by atoms with van der Waals surface area (Å²) < 4.78 is 0. The van der Waals surface area contributed by atoms with Gasteiger partial charge in [0.1, 0.15) is 0 Å². The number of hydrogen-bond acceptors (Lipinski definition) is 1. The first-order chi connectivity index (χ1) is 8.39. The van der Waals surface area contributed by atoms with Crippen molar-refractivity contribution < 1.29 is 0 Å². The molecule has 1 nitrogen and oxygen atoms in total. The lowest BCUT2D eigenvalue weighted by molar-refractivity contribution is 0.365. The van der Waals surface area contributed by atoms with Gasteiger partial charge in [-0.1, -0.05) is 57.7 Å². The second kappa shape index (κ2) is 8.11. The SMILES string of the molecule is C=C.C=C(Cc1ccccc1)NC(P)C(C)(C)C. The molecular formula is C16H26NP. The molecule has 0 radical (unpaired) electrons. The molecular weight excluding hydrogens is 237 g/mol. The predicted octanol–water partition coefficient (Wildman–Crippen LogP) is 4.38. The highest BCUT2D eigenvalue weighted by molar-refractivity contribution is 7.17. The van der Waals surface area contributed by atoms with E-state index in [4.69, 9.17) is 0 Å². The molecule has 18 heavy (non-hydrogen) atoms. The molecule has 0 aliphatic heterocycles. The monoisotopic (exact) mass is 263 g/mol. The van der Waals surface area contributed by atoms with Crippen molar-refractivity contribution in [3.8, 4) is 0 Å². The van der Waals surface area contributed by atoms with Crippen LogP contribution in [0.5, 0.6) is 0 Å². The van der Waals surface area contributed by atoms with Crippen LogP contribution in [0, 0.1) is 5.41 Å². The predicted molar refractivity (Wildman–Crippen MR) is 86.6 cm³/mol. The second-order valence-corrected chi connectivity index (χ2v) is 5.92. The van der Waals surface area contributed by atoms with Crippen LogP contribution in [-0.2, 0) is 6.42 Å². The Morgan fingerprint density at radius 3 is 2.17 bits per heavy atom. The molecule has 0 fully saturated rings. The van der Waals surface area contributed by atoms with E-state index in [1.807, 2.05) is 6.07 Å². The lowest BCUT2D eigenvalue weighted by atomic mass is 9.96. The summed E-state index contributed by atoms with van der Waals surface area (Å²) in [6.07, 6.45) is 0.891. The van der Waals surface area contributed by atoms with Crippen molar-refractivity contribution in [1.29, 1.82) is 0 Å². The van der Waals surface area contributed by atoms with Gasteiger partial charge in [0.05, 0.1) is 0 Å². The fraction of sp³-hybridized carbons (Fsp3) is 0.375. The van der Waals surface area contributed by atoms with Gasteiger partial charge in [-0.3, -0.25) is 0 Å².